The topological polar surface area (TPSA) is 71.6 Å². The van der Waals surface area contributed by atoms with E-state index in [0.29, 0.717) is 19.6 Å². The number of rotatable bonds is 4. The van der Waals surface area contributed by atoms with Gasteiger partial charge in [-0.25, -0.2) is 0 Å². The van der Waals surface area contributed by atoms with E-state index in [1.54, 1.807) is 12.1 Å². The molecule has 7 nitrogen and oxygen atoms in total. The van der Waals surface area contributed by atoms with Crippen molar-refractivity contribution < 1.29 is 9.72 Å². The van der Waals surface area contributed by atoms with Crippen molar-refractivity contribution in [2.45, 2.75) is 6.54 Å². The number of aromatic nitrogens is 1. The molecule has 0 saturated carbocycles. The summed E-state index contributed by atoms with van der Waals surface area (Å²) < 4.78 is 1.99. The minimum absolute atomic E-state index is 0.0894. The van der Waals surface area contributed by atoms with E-state index in [4.69, 9.17) is 0 Å². The zero-order valence-electron chi connectivity index (χ0n) is 14.8. The van der Waals surface area contributed by atoms with E-state index >= 15 is 0 Å². The average Bonchev–Trinajstić information content (AvgIpc) is 3.11. The molecule has 0 unspecified atom stereocenters. The molecule has 4 rings (SSSR count). The average molecular weight is 364 g/mol. The molecule has 1 aliphatic rings. The number of anilines is 1. The Morgan fingerprint density at radius 1 is 0.963 bits per heavy atom. The van der Waals surface area contributed by atoms with Gasteiger partial charge in [-0.15, -0.1) is 0 Å². The normalized spacial score (nSPS) is 14.5. The molecule has 0 atom stereocenters. The summed E-state index contributed by atoms with van der Waals surface area (Å²) in [5.74, 6) is 0.111. The maximum absolute atomic E-state index is 12.7. The van der Waals surface area contributed by atoms with Crippen LogP contribution in [0.25, 0.3) is 10.9 Å². The summed E-state index contributed by atoms with van der Waals surface area (Å²) in [5.41, 5.74) is 2.10. The Balaban J connectivity index is 1.37. The lowest BCUT2D eigenvalue weighted by Gasteiger charge is -2.36. The molecule has 0 spiro atoms. The Morgan fingerprint density at radius 2 is 1.67 bits per heavy atom. The Hall–Kier alpha value is -3.35. The molecule has 0 aliphatic carbocycles. The maximum Gasteiger partial charge on any atom is 0.269 e. The van der Waals surface area contributed by atoms with Crippen LogP contribution in [0.5, 0.6) is 0 Å². The van der Waals surface area contributed by atoms with Crippen LogP contribution in [-0.4, -0.2) is 46.5 Å². The van der Waals surface area contributed by atoms with Gasteiger partial charge in [0, 0.05) is 55.7 Å². The Morgan fingerprint density at radius 3 is 2.37 bits per heavy atom. The number of nitro benzene ring substituents is 1. The highest BCUT2D eigenvalue weighted by Crippen LogP contribution is 2.21. The molecule has 0 radical (unpaired) electrons. The van der Waals surface area contributed by atoms with Crippen molar-refractivity contribution >= 4 is 28.2 Å². The van der Waals surface area contributed by atoms with Crippen LogP contribution in [0.3, 0.4) is 0 Å². The summed E-state index contributed by atoms with van der Waals surface area (Å²) >= 11 is 0. The van der Waals surface area contributed by atoms with Crippen LogP contribution in [0.4, 0.5) is 11.4 Å². The zero-order valence-corrected chi connectivity index (χ0v) is 14.8. The molecule has 2 aromatic carbocycles. The molecule has 1 amide bonds. The second-order valence-corrected chi connectivity index (χ2v) is 6.64. The van der Waals surface area contributed by atoms with Gasteiger partial charge in [0.15, 0.2) is 0 Å². The smallest absolute Gasteiger partial charge is 0.269 e. The van der Waals surface area contributed by atoms with E-state index < -0.39 is 4.92 Å². The number of hydrogen-bond donors (Lipinski definition) is 0. The van der Waals surface area contributed by atoms with Crippen LogP contribution in [0.2, 0.25) is 0 Å². The largest absolute Gasteiger partial charge is 0.368 e. The van der Waals surface area contributed by atoms with Crippen LogP contribution in [0.15, 0.2) is 60.8 Å². The summed E-state index contributed by atoms with van der Waals surface area (Å²) in [6.07, 6.45) is 1.95. The van der Waals surface area contributed by atoms with Crippen molar-refractivity contribution in [1.29, 1.82) is 0 Å². The summed E-state index contributed by atoms with van der Waals surface area (Å²) in [7, 11) is 0. The number of para-hydroxylation sites is 1. The standard InChI is InChI=1S/C20H20N4O3/c25-20(15-23-10-9-16-3-1-2-4-19(16)23)22-13-11-21(12-14-22)17-5-7-18(8-6-17)24(26)27/h1-10H,11-15H2. The molecule has 27 heavy (non-hydrogen) atoms. The first-order valence-electron chi connectivity index (χ1n) is 8.93. The molecule has 1 aromatic heterocycles. The van der Waals surface area contributed by atoms with Crippen LogP contribution in [0.1, 0.15) is 0 Å². The first kappa shape index (κ1) is 17.1. The van der Waals surface area contributed by atoms with Crippen molar-refractivity contribution in [3.05, 3.63) is 70.9 Å². The fourth-order valence-corrected chi connectivity index (χ4v) is 3.52. The third-order valence-corrected chi connectivity index (χ3v) is 5.04. The molecule has 0 bridgehead atoms. The number of carbonyl (C=O) groups excluding carboxylic acids is 1. The van der Waals surface area contributed by atoms with E-state index in [1.807, 2.05) is 46.0 Å². The second-order valence-electron chi connectivity index (χ2n) is 6.64. The first-order valence-corrected chi connectivity index (χ1v) is 8.93. The van der Waals surface area contributed by atoms with Gasteiger partial charge in [0.1, 0.15) is 6.54 Å². The summed E-state index contributed by atoms with van der Waals surface area (Å²) in [6.45, 7) is 3.07. The minimum Gasteiger partial charge on any atom is -0.368 e. The predicted molar refractivity (Wildman–Crippen MR) is 104 cm³/mol. The minimum atomic E-state index is -0.397. The lowest BCUT2D eigenvalue weighted by Crippen LogP contribution is -2.49. The van der Waals surface area contributed by atoms with Crippen LogP contribution in [-0.2, 0) is 11.3 Å². The zero-order chi connectivity index (χ0) is 18.8. The highest BCUT2D eigenvalue weighted by atomic mass is 16.6. The van der Waals surface area contributed by atoms with Gasteiger partial charge in [0.25, 0.3) is 5.69 Å². The molecule has 0 N–H and O–H groups in total. The van der Waals surface area contributed by atoms with Gasteiger partial charge >= 0.3 is 0 Å². The van der Waals surface area contributed by atoms with Crippen molar-refractivity contribution in [2.24, 2.45) is 0 Å². The molecular formula is C20H20N4O3. The Kier molecular flexibility index (Phi) is 4.50. The molecule has 1 fully saturated rings. The number of piperazine rings is 1. The maximum atomic E-state index is 12.7. The van der Waals surface area contributed by atoms with Gasteiger partial charge in [0.05, 0.1) is 4.92 Å². The molecule has 1 aliphatic heterocycles. The number of fused-ring (bicyclic) bond motifs is 1. The molecule has 2 heterocycles. The van der Waals surface area contributed by atoms with Crippen molar-refractivity contribution in [3.8, 4) is 0 Å². The van der Waals surface area contributed by atoms with E-state index in [2.05, 4.69) is 4.90 Å². The number of non-ortho nitro benzene ring substituents is 1. The van der Waals surface area contributed by atoms with Gasteiger partial charge in [-0.05, 0) is 29.7 Å². The SMILES string of the molecule is O=C(Cn1ccc2ccccc21)N1CCN(c2ccc([N+](=O)[O-])cc2)CC1. The van der Waals surface area contributed by atoms with E-state index in [-0.39, 0.29) is 11.6 Å². The number of nitrogens with zero attached hydrogens (tertiary/aromatic N) is 4. The number of benzene rings is 2. The molecular weight excluding hydrogens is 344 g/mol. The highest BCUT2D eigenvalue weighted by molar-refractivity contribution is 5.83. The lowest BCUT2D eigenvalue weighted by atomic mass is 10.2. The Labute approximate surface area is 156 Å². The van der Waals surface area contributed by atoms with Gasteiger partial charge in [-0.2, -0.15) is 0 Å². The number of hydrogen-bond acceptors (Lipinski definition) is 4. The van der Waals surface area contributed by atoms with Crippen LogP contribution >= 0.6 is 0 Å². The first-order chi connectivity index (χ1) is 13.1. The summed E-state index contributed by atoms with van der Waals surface area (Å²) in [6, 6.07) is 16.6. The fraction of sp³-hybridized carbons (Fsp3) is 0.250. The fourth-order valence-electron chi connectivity index (χ4n) is 3.52. The molecule has 3 aromatic rings. The molecule has 138 valence electrons. The van der Waals surface area contributed by atoms with Crippen molar-refractivity contribution in [3.63, 3.8) is 0 Å². The van der Waals surface area contributed by atoms with E-state index in [9.17, 15) is 14.9 Å². The molecule has 1 saturated heterocycles. The van der Waals surface area contributed by atoms with Crippen LogP contribution in [0, 0.1) is 10.1 Å². The molecule has 7 heteroatoms. The van der Waals surface area contributed by atoms with Gasteiger partial charge in [-0.3, -0.25) is 14.9 Å². The number of carbonyl (C=O) groups is 1. The number of amides is 1. The summed E-state index contributed by atoms with van der Waals surface area (Å²) in [5, 5.41) is 11.9. The van der Waals surface area contributed by atoms with E-state index in [1.165, 1.54) is 12.1 Å². The summed E-state index contributed by atoms with van der Waals surface area (Å²) in [4.78, 5) is 27.1. The predicted octanol–water partition coefficient (Wildman–Crippen LogP) is 2.90. The van der Waals surface area contributed by atoms with E-state index in [0.717, 1.165) is 29.7 Å². The third-order valence-electron chi connectivity index (χ3n) is 5.04. The number of nitro groups is 1. The van der Waals surface area contributed by atoms with Crippen LogP contribution < -0.4 is 4.90 Å². The van der Waals surface area contributed by atoms with Gasteiger partial charge < -0.3 is 14.4 Å². The third kappa shape index (κ3) is 3.48. The van der Waals surface area contributed by atoms with Crippen molar-refractivity contribution in [1.82, 2.24) is 9.47 Å². The van der Waals surface area contributed by atoms with Gasteiger partial charge in [0.2, 0.25) is 5.91 Å². The van der Waals surface area contributed by atoms with Gasteiger partial charge in [-0.1, -0.05) is 18.2 Å². The van der Waals surface area contributed by atoms with Crippen molar-refractivity contribution in [2.75, 3.05) is 31.1 Å². The second kappa shape index (κ2) is 7.11. The highest BCUT2D eigenvalue weighted by Gasteiger charge is 2.22. The lowest BCUT2D eigenvalue weighted by molar-refractivity contribution is -0.384. The Bertz CT molecular complexity index is 972. The monoisotopic (exact) mass is 364 g/mol. The quantitative estimate of drug-likeness (QED) is 0.527.